The fraction of sp³-hybridized carbons (Fsp3) is 0.333. The molecule has 0 spiro atoms. The Hall–Kier alpha value is -2.40. The van der Waals surface area contributed by atoms with E-state index in [0.717, 1.165) is 55.5 Å². The fourth-order valence-corrected chi connectivity index (χ4v) is 3.27. The summed E-state index contributed by atoms with van der Waals surface area (Å²) in [4.78, 5) is 4.83. The van der Waals surface area contributed by atoms with Crippen molar-refractivity contribution in [2.45, 2.75) is 6.54 Å². The highest BCUT2D eigenvalue weighted by Gasteiger charge is 2.17. The first-order chi connectivity index (χ1) is 11.2. The zero-order chi connectivity index (χ0) is 15.8. The predicted molar refractivity (Wildman–Crippen MR) is 97.6 cm³/mol. The van der Waals surface area contributed by atoms with E-state index in [2.05, 4.69) is 51.7 Å². The zero-order valence-electron chi connectivity index (χ0n) is 13.5. The number of piperazine rings is 1. The highest BCUT2D eigenvalue weighted by atomic mass is 15.2. The summed E-state index contributed by atoms with van der Waals surface area (Å²) in [5, 5.41) is 7.06. The Bertz CT molecular complexity index is 719. The number of benzene rings is 2. The Morgan fingerprint density at radius 2 is 1.70 bits per heavy atom. The topological polar surface area (TPSA) is 56.6 Å². The molecular weight excluding hydrogens is 286 g/mol. The SMILES string of the molecule is CN1CCN(c2ccc3c(c2)Nc2ccc(N)cc2CN3)CC1. The molecule has 0 aromatic heterocycles. The van der Waals surface area contributed by atoms with E-state index < -0.39 is 0 Å². The third-order valence-electron chi connectivity index (χ3n) is 4.74. The Morgan fingerprint density at radius 1 is 0.913 bits per heavy atom. The molecule has 23 heavy (non-hydrogen) atoms. The molecule has 1 saturated heterocycles. The van der Waals surface area contributed by atoms with Gasteiger partial charge in [-0.25, -0.2) is 0 Å². The van der Waals surface area contributed by atoms with Gasteiger partial charge in [0.25, 0.3) is 0 Å². The van der Waals surface area contributed by atoms with Gasteiger partial charge >= 0.3 is 0 Å². The van der Waals surface area contributed by atoms with Crippen molar-refractivity contribution in [1.82, 2.24) is 4.90 Å². The van der Waals surface area contributed by atoms with Crippen LogP contribution in [0, 0.1) is 0 Å². The summed E-state index contributed by atoms with van der Waals surface area (Å²) >= 11 is 0. The molecule has 5 nitrogen and oxygen atoms in total. The molecule has 0 bridgehead atoms. The van der Waals surface area contributed by atoms with E-state index in [1.54, 1.807) is 0 Å². The number of nitrogens with two attached hydrogens (primary N) is 1. The lowest BCUT2D eigenvalue weighted by atomic mass is 10.1. The van der Waals surface area contributed by atoms with Gasteiger partial charge in [-0.3, -0.25) is 0 Å². The largest absolute Gasteiger partial charge is 0.399 e. The van der Waals surface area contributed by atoms with E-state index in [1.807, 2.05) is 12.1 Å². The number of nitrogen functional groups attached to an aromatic ring is 1. The van der Waals surface area contributed by atoms with E-state index in [4.69, 9.17) is 5.73 Å². The molecule has 2 aromatic carbocycles. The molecule has 4 rings (SSSR count). The van der Waals surface area contributed by atoms with E-state index in [1.165, 1.54) is 11.3 Å². The number of nitrogens with one attached hydrogen (secondary N) is 2. The molecule has 0 saturated carbocycles. The molecule has 2 aliphatic heterocycles. The molecule has 0 amide bonds. The maximum atomic E-state index is 5.90. The van der Waals surface area contributed by atoms with Gasteiger partial charge in [-0.15, -0.1) is 0 Å². The van der Waals surface area contributed by atoms with Crippen LogP contribution in [0.3, 0.4) is 0 Å². The van der Waals surface area contributed by atoms with Gasteiger partial charge in [0.15, 0.2) is 0 Å². The van der Waals surface area contributed by atoms with Crippen molar-refractivity contribution in [3.8, 4) is 0 Å². The number of hydrogen-bond donors (Lipinski definition) is 3. The van der Waals surface area contributed by atoms with Crippen molar-refractivity contribution in [1.29, 1.82) is 0 Å². The number of rotatable bonds is 1. The lowest BCUT2D eigenvalue weighted by molar-refractivity contribution is 0.313. The summed E-state index contributed by atoms with van der Waals surface area (Å²) in [5.41, 5.74) is 12.6. The van der Waals surface area contributed by atoms with Crippen molar-refractivity contribution < 1.29 is 0 Å². The van der Waals surface area contributed by atoms with Gasteiger partial charge in [0.05, 0.1) is 11.4 Å². The van der Waals surface area contributed by atoms with Crippen LogP contribution in [0.4, 0.5) is 28.4 Å². The maximum Gasteiger partial charge on any atom is 0.0640 e. The number of fused-ring (bicyclic) bond motifs is 2. The quantitative estimate of drug-likeness (QED) is 0.707. The molecule has 120 valence electrons. The van der Waals surface area contributed by atoms with Crippen molar-refractivity contribution in [3.63, 3.8) is 0 Å². The van der Waals surface area contributed by atoms with Crippen LogP contribution in [0.15, 0.2) is 36.4 Å². The number of likely N-dealkylation sites (N-methyl/N-ethyl adjacent to an activating group) is 1. The Morgan fingerprint density at radius 3 is 2.52 bits per heavy atom. The first-order valence-corrected chi connectivity index (χ1v) is 8.16. The summed E-state index contributed by atoms with van der Waals surface area (Å²) in [5.74, 6) is 0. The van der Waals surface area contributed by atoms with Crippen LogP contribution in [-0.4, -0.2) is 38.1 Å². The Labute approximate surface area is 137 Å². The second-order valence-electron chi connectivity index (χ2n) is 6.42. The minimum atomic E-state index is 0.786. The van der Waals surface area contributed by atoms with E-state index in [0.29, 0.717) is 0 Å². The van der Waals surface area contributed by atoms with Crippen LogP contribution in [0.2, 0.25) is 0 Å². The van der Waals surface area contributed by atoms with Gasteiger partial charge in [-0.2, -0.15) is 0 Å². The van der Waals surface area contributed by atoms with E-state index in [-0.39, 0.29) is 0 Å². The molecule has 1 fully saturated rings. The molecule has 0 atom stereocenters. The van der Waals surface area contributed by atoms with Gasteiger partial charge in [-0.1, -0.05) is 0 Å². The van der Waals surface area contributed by atoms with Crippen molar-refractivity contribution >= 4 is 28.4 Å². The second kappa shape index (κ2) is 5.66. The summed E-state index contributed by atoms with van der Waals surface area (Å²) in [6, 6.07) is 12.7. The second-order valence-corrected chi connectivity index (χ2v) is 6.42. The highest BCUT2D eigenvalue weighted by molar-refractivity contribution is 5.81. The predicted octanol–water partition coefficient (Wildman–Crippen LogP) is 2.69. The Balaban J connectivity index is 1.63. The number of hydrogen-bond acceptors (Lipinski definition) is 5. The van der Waals surface area contributed by atoms with Crippen LogP contribution < -0.4 is 21.3 Å². The summed E-state index contributed by atoms with van der Waals surface area (Å²) in [6.07, 6.45) is 0. The molecule has 0 unspecified atom stereocenters. The van der Waals surface area contributed by atoms with Crippen LogP contribution >= 0.6 is 0 Å². The third-order valence-corrected chi connectivity index (χ3v) is 4.74. The maximum absolute atomic E-state index is 5.90. The molecule has 2 aromatic rings. The summed E-state index contributed by atoms with van der Waals surface area (Å²) < 4.78 is 0. The van der Waals surface area contributed by atoms with Crippen molar-refractivity contribution in [2.24, 2.45) is 0 Å². The standard InChI is InChI=1S/C18H23N5/c1-22-6-8-23(9-7-22)15-3-5-17-18(11-15)21-16-4-2-14(19)10-13(16)12-20-17/h2-5,10-11,20-21H,6-9,12,19H2,1H3. The molecule has 0 radical (unpaired) electrons. The normalized spacial score (nSPS) is 17.5. The molecule has 5 heteroatoms. The van der Waals surface area contributed by atoms with E-state index >= 15 is 0 Å². The molecular formula is C18H23N5. The van der Waals surface area contributed by atoms with Gasteiger partial charge in [0.2, 0.25) is 0 Å². The molecule has 4 N–H and O–H groups in total. The molecule has 0 aliphatic carbocycles. The first-order valence-electron chi connectivity index (χ1n) is 8.16. The van der Waals surface area contributed by atoms with Crippen molar-refractivity contribution in [3.05, 3.63) is 42.0 Å². The highest BCUT2D eigenvalue weighted by Crippen LogP contribution is 2.35. The summed E-state index contributed by atoms with van der Waals surface area (Å²) in [6.45, 7) is 5.18. The van der Waals surface area contributed by atoms with Gasteiger partial charge in [-0.05, 0) is 49.0 Å². The fourth-order valence-electron chi connectivity index (χ4n) is 3.27. The lowest BCUT2D eigenvalue weighted by Gasteiger charge is -2.34. The van der Waals surface area contributed by atoms with Gasteiger partial charge < -0.3 is 26.2 Å². The Kier molecular flexibility index (Phi) is 3.50. The minimum absolute atomic E-state index is 0.786. The van der Waals surface area contributed by atoms with Crippen molar-refractivity contribution in [2.75, 3.05) is 54.5 Å². The van der Waals surface area contributed by atoms with Crippen LogP contribution in [0.1, 0.15) is 5.56 Å². The number of nitrogens with zero attached hydrogens (tertiary/aromatic N) is 2. The average Bonchev–Trinajstić information content (AvgIpc) is 2.74. The van der Waals surface area contributed by atoms with Crippen LogP contribution in [0.25, 0.3) is 0 Å². The smallest absolute Gasteiger partial charge is 0.0640 e. The molecule has 2 aliphatic rings. The number of anilines is 5. The third kappa shape index (κ3) is 2.80. The zero-order valence-corrected chi connectivity index (χ0v) is 13.5. The first kappa shape index (κ1) is 14.2. The monoisotopic (exact) mass is 309 g/mol. The van der Waals surface area contributed by atoms with Gasteiger partial charge in [0.1, 0.15) is 0 Å². The minimum Gasteiger partial charge on any atom is -0.399 e. The van der Waals surface area contributed by atoms with Crippen LogP contribution in [-0.2, 0) is 6.54 Å². The molecule has 2 heterocycles. The lowest BCUT2D eigenvalue weighted by Crippen LogP contribution is -2.44. The van der Waals surface area contributed by atoms with E-state index in [9.17, 15) is 0 Å². The van der Waals surface area contributed by atoms with Crippen LogP contribution in [0.5, 0.6) is 0 Å². The summed E-state index contributed by atoms with van der Waals surface area (Å²) in [7, 11) is 2.18. The van der Waals surface area contributed by atoms with Gasteiger partial charge in [0, 0.05) is 49.8 Å². The average molecular weight is 309 g/mol.